The van der Waals surface area contributed by atoms with E-state index in [4.69, 9.17) is 0 Å². The van der Waals surface area contributed by atoms with E-state index in [1.165, 1.54) is 4.68 Å². The molecule has 0 amide bonds. The van der Waals surface area contributed by atoms with Gasteiger partial charge in [0, 0.05) is 13.1 Å². The summed E-state index contributed by atoms with van der Waals surface area (Å²) in [6.07, 6.45) is 0. The minimum Gasteiger partial charge on any atom is -0.261 e. The van der Waals surface area contributed by atoms with Crippen LogP contribution in [0.1, 0.15) is 5.69 Å². The van der Waals surface area contributed by atoms with Crippen LogP contribution >= 0.6 is 11.8 Å². The fourth-order valence-corrected chi connectivity index (χ4v) is 2.16. The SMILES string of the molecule is Cc1cc(Sc2nc(F)c(F)cc2F)n(C)n1. The fraction of sp³-hybridized carbons (Fsp3) is 0.200. The predicted molar refractivity (Wildman–Crippen MR) is 56.2 cm³/mol. The Hall–Kier alpha value is -1.50. The normalized spacial score (nSPS) is 10.9. The van der Waals surface area contributed by atoms with Crippen molar-refractivity contribution in [2.24, 2.45) is 7.05 Å². The van der Waals surface area contributed by atoms with Gasteiger partial charge in [0.1, 0.15) is 10.1 Å². The standard InChI is InChI=1S/C10H8F3N3S/c1-5-3-8(16(2)15-5)17-10-7(12)4-6(11)9(13)14-10/h3-4H,1-2H3. The van der Waals surface area contributed by atoms with E-state index in [0.717, 1.165) is 17.5 Å². The van der Waals surface area contributed by atoms with Crippen molar-refractivity contribution < 1.29 is 13.2 Å². The van der Waals surface area contributed by atoms with Gasteiger partial charge in [-0.1, -0.05) is 0 Å². The second kappa shape index (κ2) is 4.40. The highest BCUT2D eigenvalue weighted by atomic mass is 32.2. The molecule has 0 aliphatic heterocycles. The van der Waals surface area contributed by atoms with E-state index >= 15 is 0 Å². The average molecular weight is 259 g/mol. The molecule has 3 nitrogen and oxygen atoms in total. The molecule has 0 spiro atoms. The molecule has 2 rings (SSSR count). The summed E-state index contributed by atoms with van der Waals surface area (Å²) in [5, 5.41) is 4.44. The fourth-order valence-electron chi connectivity index (χ4n) is 1.28. The summed E-state index contributed by atoms with van der Waals surface area (Å²) in [5.74, 6) is -3.51. The first kappa shape index (κ1) is 12.0. The molecule has 2 aromatic heterocycles. The smallest absolute Gasteiger partial charge is 0.250 e. The highest BCUT2D eigenvalue weighted by molar-refractivity contribution is 7.99. The Bertz CT molecular complexity index is 568. The van der Waals surface area contributed by atoms with Crippen molar-refractivity contribution >= 4 is 11.8 Å². The molecular weight excluding hydrogens is 251 g/mol. The van der Waals surface area contributed by atoms with E-state index in [-0.39, 0.29) is 5.03 Å². The van der Waals surface area contributed by atoms with Crippen LogP contribution in [0, 0.1) is 24.5 Å². The summed E-state index contributed by atoms with van der Waals surface area (Å²) in [7, 11) is 1.67. The van der Waals surface area contributed by atoms with Gasteiger partial charge in [0.15, 0.2) is 11.6 Å². The summed E-state index contributed by atoms with van der Waals surface area (Å²) >= 11 is 0.892. The molecular formula is C10H8F3N3S. The van der Waals surface area contributed by atoms with Gasteiger partial charge in [0.05, 0.1) is 5.69 Å². The summed E-state index contributed by atoms with van der Waals surface area (Å²) < 4.78 is 40.4. The van der Waals surface area contributed by atoms with Gasteiger partial charge in [-0.2, -0.15) is 9.49 Å². The number of hydrogen-bond acceptors (Lipinski definition) is 3. The largest absolute Gasteiger partial charge is 0.261 e. The first-order chi connectivity index (χ1) is 7.97. The molecule has 0 radical (unpaired) electrons. The molecule has 0 saturated carbocycles. The van der Waals surface area contributed by atoms with Crippen LogP contribution in [0.2, 0.25) is 0 Å². The van der Waals surface area contributed by atoms with E-state index in [1.54, 1.807) is 20.0 Å². The van der Waals surface area contributed by atoms with Crippen LogP contribution in [-0.4, -0.2) is 14.8 Å². The van der Waals surface area contributed by atoms with Gasteiger partial charge in [-0.05, 0) is 24.8 Å². The molecule has 17 heavy (non-hydrogen) atoms. The molecule has 0 saturated heterocycles. The highest BCUT2D eigenvalue weighted by Gasteiger charge is 2.14. The number of nitrogens with zero attached hydrogens (tertiary/aromatic N) is 3. The lowest BCUT2D eigenvalue weighted by atomic mass is 10.4. The first-order valence-electron chi connectivity index (χ1n) is 4.67. The van der Waals surface area contributed by atoms with Crippen molar-refractivity contribution in [2.45, 2.75) is 17.0 Å². The van der Waals surface area contributed by atoms with Gasteiger partial charge < -0.3 is 0 Å². The Balaban J connectivity index is 2.36. The van der Waals surface area contributed by atoms with E-state index in [1.807, 2.05) is 0 Å². The van der Waals surface area contributed by atoms with Crippen LogP contribution in [0.4, 0.5) is 13.2 Å². The van der Waals surface area contributed by atoms with Gasteiger partial charge in [0.25, 0.3) is 0 Å². The van der Waals surface area contributed by atoms with Gasteiger partial charge in [-0.3, -0.25) is 4.68 Å². The van der Waals surface area contributed by atoms with Crippen molar-refractivity contribution in [1.29, 1.82) is 0 Å². The van der Waals surface area contributed by atoms with E-state index < -0.39 is 17.6 Å². The molecule has 0 unspecified atom stereocenters. The van der Waals surface area contributed by atoms with Crippen LogP contribution in [-0.2, 0) is 7.05 Å². The molecule has 0 atom stereocenters. The molecule has 7 heteroatoms. The quantitative estimate of drug-likeness (QED) is 0.777. The Morgan fingerprint density at radius 3 is 2.47 bits per heavy atom. The summed E-state index contributed by atoms with van der Waals surface area (Å²) in [6.45, 7) is 1.78. The summed E-state index contributed by atoms with van der Waals surface area (Å²) in [4.78, 5) is 3.22. The number of aromatic nitrogens is 3. The maximum atomic E-state index is 13.3. The molecule has 0 aromatic carbocycles. The topological polar surface area (TPSA) is 30.7 Å². The summed E-state index contributed by atoms with van der Waals surface area (Å²) in [6, 6.07) is 2.18. The lowest BCUT2D eigenvalue weighted by molar-refractivity contribution is 0.448. The van der Waals surface area contributed by atoms with Crippen LogP contribution in [0.3, 0.4) is 0 Å². The number of aryl methyl sites for hydroxylation is 2. The third-order valence-corrected chi connectivity index (χ3v) is 3.09. The third-order valence-electron chi connectivity index (χ3n) is 2.01. The van der Waals surface area contributed by atoms with Gasteiger partial charge >= 0.3 is 0 Å². The minimum absolute atomic E-state index is 0.216. The number of rotatable bonds is 2. The molecule has 90 valence electrons. The van der Waals surface area contributed by atoms with Crippen molar-refractivity contribution in [3.63, 3.8) is 0 Å². The van der Waals surface area contributed by atoms with Gasteiger partial charge in [-0.15, -0.1) is 0 Å². The minimum atomic E-state index is -1.31. The Morgan fingerprint density at radius 2 is 1.88 bits per heavy atom. The number of hydrogen-bond donors (Lipinski definition) is 0. The average Bonchev–Trinajstić information content (AvgIpc) is 2.54. The molecule has 0 aliphatic rings. The van der Waals surface area contributed by atoms with Gasteiger partial charge in [0.2, 0.25) is 5.95 Å². The second-order valence-corrected chi connectivity index (χ2v) is 4.41. The molecule has 0 N–H and O–H groups in total. The van der Waals surface area contributed by atoms with E-state index in [9.17, 15) is 13.2 Å². The zero-order valence-electron chi connectivity index (χ0n) is 9.04. The number of halogens is 3. The Morgan fingerprint density at radius 1 is 1.18 bits per heavy atom. The maximum absolute atomic E-state index is 13.3. The zero-order chi connectivity index (χ0) is 12.6. The van der Waals surface area contributed by atoms with Crippen molar-refractivity contribution in [2.75, 3.05) is 0 Å². The highest BCUT2D eigenvalue weighted by Crippen LogP contribution is 2.28. The molecule has 0 fully saturated rings. The zero-order valence-corrected chi connectivity index (χ0v) is 9.85. The Labute approximate surface area is 99.7 Å². The Kier molecular flexibility index (Phi) is 3.10. The van der Waals surface area contributed by atoms with Crippen molar-refractivity contribution in [1.82, 2.24) is 14.8 Å². The van der Waals surface area contributed by atoms with Crippen LogP contribution in [0.25, 0.3) is 0 Å². The van der Waals surface area contributed by atoms with E-state index in [2.05, 4.69) is 10.1 Å². The number of pyridine rings is 1. The maximum Gasteiger partial charge on any atom is 0.250 e. The molecule has 0 aliphatic carbocycles. The lowest BCUT2D eigenvalue weighted by Crippen LogP contribution is -1.97. The monoisotopic (exact) mass is 259 g/mol. The van der Waals surface area contributed by atoms with Gasteiger partial charge in [-0.25, -0.2) is 13.8 Å². The molecule has 2 heterocycles. The predicted octanol–water partition coefficient (Wildman–Crippen LogP) is 2.69. The van der Waals surface area contributed by atoms with Crippen molar-refractivity contribution in [3.8, 4) is 0 Å². The van der Waals surface area contributed by atoms with Crippen LogP contribution in [0.5, 0.6) is 0 Å². The first-order valence-corrected chi connectivity index (χ1v) is 5.49. The second-order valence-electron chi connectivity index (χ2n) is 3.40. The van der Waals surface area contributed by atoms with Crippen molar-refractivity contribution in [3.05, 3.63) is 35.4 Å². The third kappa shape index (κ3) is 2.44. The van der Waals surface area contributed by atoms with Crippen LogP contribution in [0.15, 0.2) is 22.2 Å². The summed E-state index contributed by atoms with van der Waals surface area (Å²) in [5.41, 5.74) is 0.748. The van der Waals surface area contributed by atoms with Crippen LogP contribution < -0.4 is 0 Å². The molecule has 2 aromatic rings. The molecule has 0 bridgehead atoms. The van der Waals surface area contributed by atoms with E-state index in [0.29, 0.717) is 11.1 Å². The lowest BCUT2D eigenvalue weighted by Gasteiger charge is -2.02.